The predicted molar refractivity (Wildman–Crippen MR) is 73.8 cm³/mol. The molecule has 0 radical (unpaired) electrons. The van der Waals surface area contributed by atoms with E-state index < -0.39 is 11.7 Å². The lowest BCUT2D eigenvalue weighted by Gasteiger charge is -2.36. The van der Waals surface area contributed by atoms with Gasteiger partial charge in [-0.05, 0) is 31.2 Å². The Balaban J connectivity index is 1.54. The maximum Gasteiger partial charge on any atom is 0.416 e. The van der Waals surface area contributed by atoms with Gasteiger partial charge < -0.3 is 14.7 Å². The van der Waals surface area contributed by atoms with Crippen LogP contribution in [0.1, 0.15) is 23.2 Å². The Bertz CT molecular complexity index is 706. The molecule has 3 rings (SSSR count). The Labute approximate surface area is 129 Å². The number of anilines is 1. The number of rotatable bonds is 2. The number of alkyl halides is 3. The van der Waals surface area contributed by atoms with E-state index in [0.29, 0.717) is 30.5 Å². The highest BCUT2D eigenvalue weighted by molar-refractivity contribution is 5.90. The quantitative estimate of drug-likeness (QED) is 0.921. The molecule has 122 valence electrons. The van der Waals surface area contributed by atoms with Gasteiger partial charge >= 0.3 is 12.2 Å². The van der Waals surface area contributed by atoms with Crippen LogP contribution in [0.5, 0.6) is 0 Å². The highest BCUT2D eigenvalue weighted by Crippen LogP contribution is 2.30. The second kappa shape index (κ2) is 5.56. The van der Waals surface area contributed by atoms with Gasteiger partial charge in [0, 0.05) is 18.8 Å². The summed E-state index contributed by atoms with van der Waals surface area (Å²) in [6, 6.07) is 3.92. The first kappa shape index (κ1) is 15.3. The van der Waals surface area contributed by atoms with Crippen LogP contribution in [0.2, 0.25) is 0 Å². The van der Waals surface area contributed by atoms with Crippen LogP contribution < -0.4 is 5.32 Å². The van der Waals surface area contributed by atoms with Gasteiger partial charge in [-0.2, -0.15) is 18.2 Å². The molecule has 2 amide bonds. The molecule has 0 aliphatic carbocycles. The van der Waals surface area contributed by atoms with Crippen molar-refractivity contribution >= 4 is 11.7 Å². The number of aryl methyl sites for hydroxylation is 1. The van der Waals surface area contributed by atoms with Crippen LogP contribution in [0, 0.1) is 6.92 Å². The fourth-order valence-electron chi connectivity index (χ4n) is 2.22. The average molecular weight is 326 g/mol. The minimum absolute atomic E-state index is 0.00504. The van der Waals surface area contributed by atoms with E-state index in [9.17, 15) is 18.0 Å². The van der Waals surface area contributed by atoms with Gasteiger partial charge in [-0.25, -0.2) is 4.79 Å². The van der Waals surface area contributed by atoms with Crippen molar-refractivity contribution in [1.29, 1.82) is 0 Å². The molecule has 2 heterocycles. The second-order valence-corrected chi connectivity index (χ2v) is 5.29. The fourth-order valence-corrected chi connectivity index (χ4v) is 2.22. The molecule has 0 saturated carbocycles. The first-order valence-electron chi connectivity index (χ1n) is 6.86. The Hall–Kier alpha value is -2.58. The maximum absolute atomic E-state index is 12.5. The standard InChI is InChI=1S/C14H13F3N4O2/c1-8-18-12(23-20-8)9-6-21(7-9)13(22)19-11-4-2-10(3-5-11)14(15,16)17/h2-5,9H,6-7H2,1H3,(H,19,22). The summed E-state index contributed by atoms with van der Waals surface area (Å²) in [5, 5.41) is 6.24. The van der Waals surface area contributed by atoms with E-state index in [1.54, 1.807) is 6.92 Å². The fraction of sp³-hybridized carbons (Fsp3) is 0.357. The molecule has 1 fully saturated rings. The van der Waals surface area contributed by atoms with Crippen LogP contribution in [-0.2, 0) is 6.18 Å². The molecule has 6 nitrogen and oxygen atoms in total. The van der Waals surface area contributed by atoms with E-state index >= 15 is 0 Å². The molecule has 1 aliphatic rings. The van der Waals surface area contributed by atoms with Crippen molar-refractivity contribution in [1.82, 2.24) is 15.0 Å². The summed E-state index contributed by atoms with van der Waals surface area (Å²) in [6.07, 6.45) is -4.39. The number of aromatic nitrogens is 2. The number of hydrogen-bond donors (Lipinski definition) is 1. The third-order valence-corrected chi connectivity index (χ3v) is 3.52. The molecule has 23 heavy (non-hydrogen) atoms. The van der Waals surface area contributed by atoms with Crippen LogP contribution in [-0.4, -0.2) is 34.2 Å². The van der Waals surface area contributed by atoms with Crippen LogP contribution in [0.4, 0.5) is 23.7 Å². The Morgan fingerprint density at radius 2 is 1.96 bits per heavy atom. The number of nitrogens with zero attached hydrogens (tertiary/aromatic N) is 3. The Morgan fingerprint density at radius 3 is 2.48 bits per heavy atom. The molecule has 1 aliphatic heterocycles. The molecule has 1 N–H and O–H groups in total. The molecule has 0 bridgehead atoms. The molecule has 0 atom stereocenters. The van der Waals surface area contributed by atoms with Crippen LogP contribution in [0.15, 0.2) is 28.8 Å². The maximum atomic E-state index is 12.5. The summed E-state index contributed by atoms with van der Waals surface area (Å²) in [4.78, 5) is 17.6. The van der Waals surface area contributed by atoms with E-state index in [1.807, 2.05) is 0 Å². The van der Waals surface area contributed by atoms with Crippen molar-refractivity contribution in [3.63, 3.8) is 0 Å². The average Bonchev–Trinajstić information content (AvgIpc) is 2.83. The summed E-state index contributed by atoms with van der Waals surface area (Å²) in [7, 11) is 0. The van der Waals surface area contributed by atoms with E-state index in [-0.39, 0.29) is 11.9 Å². The first-order chi connectivity index (χ1) is 10.8. The predicted octanol–water partition coefficient (Wildman–Crippen LogP) is 3.03. The number of halogens is 3. The van der Waals surface area contributed by atoms with Crippen LogP contribution in [0.3, 0.4) is 0 Å². The lowest BCUT2D eigenvalue weighted by molar-refractivity contribution is -0.137. The largest absolute Gasteiger partial charge is 0.416 e. The van der Waals surface area contributed by atoms with E-state index in [2.05, 4.69) is 15.5 Å². The first-order valence-corrected chi connectivity index (χ1v) is 6.86. The van der Waals surface area contributed by atoms with Gasteiger partial charge in [-0.1, -0.05) is 5.16 Å². The molecule has 0 unspecified atom stereocenters. The van der Waals surface area contributed by atoms with Gasteiger partial charge in [-0.15, -0.1) is 0 Å². The number of nitrogens with one attached hydrogen (secondary N) is 1. The van der Waals surface area contributed by atoms with Crippen molar-refractivity contribution < 1.29 is 22.5 Å². The zero-order valence-electron chi connectivity index (χ0n) is 12.1. The van der Waals surface area contributed by atoms with Crippen molar-refractivity contribution in [2.75, 3.05) is 18.4 Å². The van der Waals surface area contributed by atoms with E-state index in [1.165, 1.54) is 17.0 Å². The number of likely N-dealkylation sites (tertiary alicyclic amines) is 1. The minimum atomic E-state index is -4.39. The number of hydrogen-bond acceptors (Lipinski definition) is 4. The van der Waals surface area contributed by atoms with Gasteiger partial charge in [0.1, 0.15) is 0 Å². The highest BCUT2D eigenvalue weighted by atomic mass is 19.4. The summed E-state index contributed by atoms with van der Waals surface area (Å²) in [5.41, 5.74) is -0.452. The molecule has 1 saturated heterocycles. The molecule has 1 aromatic carbocycles. The smallest absolute Gasteiger partial charge is 0.339 e. The number of carbonyl (C=O) groups excluding carboxylic acids is 1. The van der Waals surface area contributed by atoms with Gasteiger partial charge in [0.05, 0.1) is 11.5 Å². The van der Waals surface area contributed by atoms with Gasteiger partial charge in [0.15, 0.2) is 5.82 Å². The normalized spacial score (nSPS) is 15.4. The highest BCUT2D eigenvalue weighted by Gasteiger charge is 2.35. The molecule has 1 aromatic heterocycles. The SMILES string of the molecule is Cc1noc(C2CN(C(=O)Nc3ccc(C(F)(F)F)cc3)C2)n1. The third kappa shape index (κ3) is 3.27. The van der Waals surface area contributed by atoms with Crippen LogP contribution in [0.25, 0.3) is 0 Å². The van der Waals surface area contributed by atoms with Crippen molar-refractivity contribution in [2.24, 2.45) is 0 Å². The summed E-state index contributed by atoms with van der Waals surface area (Å²) >= 11 is 0. The van der Waals surface area contributed by atoms with Crippen molar-refractivity contribution in [2.45, 2.75) is 19.0 Å². The van der Waals surface area contributed by atoms with Crippen LogP contribution >= 0.6 is 0 Å². The van der Waals surface area contributed by atoms with Crippen molar-refractivity contribution in [3.05, 3.63) is 41.5 Å². The topological polar surface area (TPSA) is 71.3 Å². The lowest BCUT2D eigenvalue weighted by Crippen LogP contribution is -2.50. The summed E-state index contributed by atoms with van der Waals surface area (Å²) in [6.45, 7) is 2.56. The zero-order chi connectivity index (χ0) is 16.6. The van der Waals surface area contributed by atoms with Gasteiger partial charge in [-0.3, -0.25) is 0 Å². The molecular formula is C14H13F3N4O2. The number of carbonyl (C=O) groups is 1. The Morgan fingerprint density at radius 1 is 1.30 bits per heavy atom. The minimum Gasteiger partial charge on any atom is -0.339 e. The van der Waals surface area contributed by atoms with Gasteiger partial charge in [0.25, 0.3) is 0 Å². The summed E-state index contributed by atoms with van der Waals surface area (Å²) in [5.74, 6) is 1.02. The molecule has 2 aromatic rings. The van der Waals surface area contributed by atoms with E-state index in [0.717, 1.165) is 12.1 Å². The zero-order valence-corrected chi connectivity index (χ0v) is 12.1. The summed E-state index contributed by atoms with van der Waals surface area (Å²) < 4.78 is 42.4. The van der Waals surface area contributed by atoms with Gasteiger partial charge in [0.2, 0.25) is 5.89 Å². The second-order valence-electron chi connectivity index (χ2n) is 5.29. The van der Waals surface area contributed by atoms with Crippen molar-refractivity contribution in [3.8, 4) is 0 Å². The van der Waals surface area contributed by atoms with E-state index in [4.69, 9.17) is 4.52 Å². The molecule has 0 spiro atoms. The number of amides is 2. The molecule has 9 heteroatoms. The molecular weight excluding hydrogens is 313 g/mol. The number of benzene rings is 1. The third-order valence-electron chi connectivity index (χ3n) is 3.52. The Kier molecular flexibility index (Phi) is 3.70. The monoisotopic (exact) mass is 326 g/mol. The number of urea groups is 1. The lowest BCUT2D eigenvalue weighted by atomic mass is 10.0.